The highest BCUT2D eigenvalue weighted by Gasteiger charge is 2.52. The molecule has 1 unspecified atom stereocenters. The average Bonchev–Trinajstić information content (AvgIpc) is 3.13. The van der Waals surface area contributed by atoms with E-state index in [0.29, 0.717) is 28.2 Å². The molecule has 1 saturated heterocycles. The molecule has 3 heterocycles. The number of carbonyl (C=O) groups excluding carboxylic acids is 1. The lowest BCUT2D eigenvalue weighted by Gasteiger charge is -2.27. The topological polar surface area (TPSA) is 83.9 Å². The molecular weight excluding hydrogens is 474 g/mol. The fourth-order valence-corrected chi connectivity index (χ4v) is 5.96. The first kappa shape index (κ1) is 21.9. The molecule has 3 aliphatic rings. The summed E-state index contributed by atoms with van der Waals surface area (Å²) in [4.78, 5) is 21.1. The Morgan fingerprint density at radius 3 is 2.74 bits per heavy atom. The van der Waals surface area contributed by atoms with Gasteiger partial charge in [0.2, 0.25) is 12.7 Å². The SMILES string of the molecule is O=C(Nc1ncc(C(c2ccc(Cl)cc2)N2CC[C@@H](O)C2)s1)C1(c2ccc3c(c2)OCO3)CC1. The number of aliphatic hydroxyl groups excluding tert-OH is 1. The third-order valence-electron chi connectivity index (χ3n) is 6.87. The maximum absolute atomic E-state index is 13.3. The molecule has 9 heteroatoms. The molecule has 3 aromatic rings. The Morgan fingerprint density at radius 1 is 1.21 bits per heavy atom. The van der Waals surface area contributed by atoms with Crippen molar-refractivity contribution >= 4 is 34.0 Å². The van der Waals surface area contributed by atoms with Gasteiger partial charge in [-0.25, -0.2) is 4.98 Å². The molecule has 34 heavy (non-hydrogen) atoms. The van der Waals surface area contributed by atoms with Crippen LogP contribution in [0.25, 0.3) is 0 Å². The van der Waals surface area contributed by atoms with Gasteiger partial charge in [0.25, 0.3) is 0 Å². The van der Waals surface area contributed by atoms with E-state index >= 15 is 0 Å². The lowest BCUT2D eigenvalue weighted by molar-refractivity contribution is -0.118. The van der Waals surface area contributed by atoms with Crippen LogP contribution in [0.4, 0.5) is 5.13 Å². The van der Waals surface area contributed by atoms with Crippen molar-refractivity contribution in [3.05, 3.63) is 69.7 Å². The minimum absolute atomic E-state index is 0.0492. The summed E-state index contributed by atoms with van der Waals surface area (Å²) < 4.78 is 10.9. The minimum Gasteiger partial charge on any atom is -0.454 e. The Hall–Kier alpha value is -2.65. The van der Waals surface area contributed by atoms with E-state index in [2.05, 4.69) is 15.2 Å². The van der Waals surface area contributed by atoms with E-state index in [4.69, 9.17) is 21.1 Å². The second-order valence-electron chi connectivity index (χ2n) is 9.06. The van der Waals surface area contributed by atoms with Crippen LogP contribution in [0.15, 0.2) is 48.7 Å². The Kier molecular flexibility index (Phi) is 5.49. The standard InChI is InChI=1S/C25H24ClN3O4S/c26-17-4-1-15(2-5-17)22(29-10-7-18(30)13-29)21-12-27-24(34-21)28-23(31)25(8-9-25)16-3-6-19-20(11-16)33-14-32-19/h1-6,11-12,18,22,30H,7-10,13-14H2,(H,27,28,31)/t18-,22?/m1/s1. The number of hydrogen-bond donors (Lipinski definition) is 2. The molecule has 0 bridgehead atoms. The molecule has 1 amide bonds. The molecule has 6 rings (SSSR count). The average molecular weight is 498 g/mol. The van der Waals surface area contributed by atoms with Gasteiger partial charge in [0.1, 0.15) is 0 Å². The molecule has 176 valence electrons. The van der Waals surface area contributed by atoms with E-state index in [0.717, 1.165) is 41.8 Å². The van der Waals surface area contributed by atoms with Gasteiger partial charge < -0.3 is 19.9 Å². The number of rotatable bonds is 6. The molecule has 0 spiro atoms. The van der Waals surface area contributed by atoms with Crippen molar-refractivity contribution in [1.82, 2.24) is 9.88 Å². The van der Waals surface area contributed by atoms with Gasteiger partial charge in [-0.05, 0) is 54.7 Å². The first-order valence-electron chi connectivity index (χ1n) is 11.4. The van der Waals surface area contributed by atoms with Crippen LogP contribution in [0.5, 0.6) is 11.5 Å². The quantitative estimate of drug-likeness (QED) is 0.526. The zero-order chi connectivity index (χ0) is 23.3. The third-order valence-corrected chi connectivity index (χ3v) is 8.09. The van der Waals surface area contributed by atoms with Crippen molar-refractivity contribution in [2.75, 3.05) is 25.2 Å². The lowest BCUT2D eigenvalue weighted by Crippen LogP contribution is -2.28. The molecule has 1 aliphatic carbocycles. The van der Waals surface area contributed by atoms with E-state index in [1.807, 2.05) is 48.7 Å². The Balaban J connectivity index is 1.24. The van der Waals surface area contributed by atoms with Crippen LogP contribution in [-0.2, 0) is 10.2 Å². The van der Waals surface area contributed by atoms with Crippen LogP contribution in [-0.4, -0.2) is 46.9 Å². The number of carbonyl (C=O) groups is 1. The Labute approximate surface area is 206 Å². The van der Waals surface area contributed by atoms with Gasteiger partial charge in [-0.2, -0.15) is 0 Å². The Bertz CT molecular complexity index is 1230. The Morgan fingerprint density at radius 2 is 2.00 bits per heavy atom. The first-order valence-corrected chi connectivity index (χ1v) is 12.6. The summed E-state index contributed by atoms with van der Waals surface area (Å²) in [6.07, 6.45) is 3.80. The van der Waals surface area contributed by atoms with Gasteiger partial charge in [-0.3, -0.25) is 9.69 Å². The number of aliphatic hydroxyl groups is 1. The number of thiazole rings is 1. The van der Waals surface area contributed by atoms with E-state index in [1.54, 1.807) is 0 Å². The molecule has 1 aromatic heterocycles. The van der Waals surface area contributed by atoms with Gasteiger partial charge >= 0.3 is 0 Å². The van der Waals surface area contributed by atoms with E-state index in [-0.39, 0.29) is 24.8 Å². The number of aromatic nitrogens is 1. The van der Waals surface area contributed by atoms with Crippen molar-refractivity contribution in [3.63, 3.8) is 0 Å². The minimum atomic E-state index is -0.554. The fourth-order valence-electron chi connectivity index (χ4n) is 4.86. The molecule has 2 N–H and O–H groups in total. The number of amides is 1. The lowest BCUT2D eigenvalue weighted by atomic mass is 9.94. The molecule has 2 fully saturated rings. The van der Waals surface area contributed by atoms with E-state index in [9.17, 15) is 9.90 Å². The first-order chi connectivity index (χ1) is 16.5. The van der Waals surface area contributed by atoms with Gasteiger partial charge in [0.05, 0.1) is 17.6 Å². The second kappa shape index (κ2) is 8.53. The van der Waals surface area contributed by atoms with Crippen molar-refractivity contribution in [1.29, 1.82) is 0 Å². The summed E-state index contributed by atoms with van der Waals surface area (Å²) in [6.45, 7) is 1.60. The predicted octanol–water partition coefficient (Wildman–Crippen LogP) is 4.35. The van der Waals surface area contributed by atoms with Crippen LogP contribution < -0.4 is 14.8 Å². The number of β-amino-alcohol motifs (C(OH)–C–C–N with tert-alkyl or cyclic N) is 1. The zero-order valence-electron chi connectivity index (χ0n) is 18.4. The van der Waals surface area contributed by atoms with Gasteiger partial charge in [0.15, 0.2) is 16.6 Å². The summed E-state index contributed by atoms with van der Waals surface area (Å²) in [6, 6.07) is 13.4. The molecule has 2 atom stereocenters. The molecular formula is C25H24ClN3O4S. The summed E-state index contributed by atoms with van der Waals surface area (Å²) in [5, 5.41) is 14.4. The monoisotopic (exact) mass is 497 g/mol. The van der Waals surface area contributed by atoms with Crippen LogP contribution in [0, 0.1) is 0 Å². The summed E-state index contributed by atoms with van der Waals surface area (Å²) >= 11 is 7.58. The third kappa shape index (κ3) is 3.94. The number of anilines is 1. The number of halogens is 1. The van der Waals surface area contributed by atoms with Crippen molar-refractivity contribution < 1.29 is 19.4 Å². The van der Waals surface area contributed by atoms with Crippen molar-refractivity contribution in [3.8, 4) is 11.5 Å². The normalized spacial score (nSPS) is 21.4. The molecule has 7 nitrogen and oxygen atoms in total. The molecule has 1 saturated carbocycles. The van der Waals surface area contributed by atoms with Gasteiger partial charge in [-0.15, -0.1) is 0 Å². The number of nitrogens with one attached hydrogen (secondary N) is 1. The van der Waals surface area contributed by atoms with Crippen LogP contribution in [0.3, 0.4) is 0 Å². The number of benzene rings is 2. The highest BCUT2D eigenvalue weighted by Crippen LogP contribution is 2.51. The van der Waals surface area contributed by atoms with Crippen molar-refractivity contribution in [2.24, 2.45) is 0 Å². The molecule has 0 radical (unpaired) electrons. The summed E-state index contributed by atoms with van der Waals surface area (Å²) in [5.74, 6) is 1.35. The number of likely N-dealkylation sites (tertiary alicyclic amines) is 1. The van der Waals surface area contributed by atoms with Crippen LogP contribution >= 0.6 is 22.9 Å². The summed E-state index contributed by atoms with van der Waals surface area (Å²) in [7, 11) is 0. The maximum atomic E-state index is 13.3. The van der Waals surface area contributed by atoms with Crippen LogP contribution in [0.1, 0.15) is 41.3 Å². The number of ether oxygens (including phenoxy) is 2. The zero-order valence-corrected chi connectivity index (χ0v) is 19.9. The maximum Gasteiger partial charge on any atom is 0.236 e. The highest BCUT2D eigenvalue weighted by molar-refractivity contribution is 7.15. The van der Waals surface area contributed by atoms with Crippen LogP contribution in [0.2, 0.25) is 5.02 Å². The largest absolute Gasteiger partial charge is 0.454 e. The van der Waals surface area contributed by atoms with E-state index in [1.165, 1.54) is 11.3 Å². The van der Waals surface area contributed by atoms with Gasteiger partial charge in [0, 0.05) is 29.2 Å². The fraction of sp³-hybridized carbons (Fsp3) is 0.360. The second-order valence-corrected chi connectivity index (χ2v) is 10.6. The highest BCUT2D eigenvalue weighted by atomic mass is 35.5. The number of hydrogen-bond acceptors (Lipinski definition) is 7. The van der Waals surface area contributed by atoms with E-state index < -0.39 is 5.41 Å². The number of fused-ring (bicyclic) bond motifs is 1. The predicted molar refractivity (Wildman–Crippen MR) is 130 cm³/mol. The molecule has 2 aromatic carbocycles. The van der Waals surface area contributed by atoms with Gasteiger partial charge in [-0.1, -0.05) is 41.1 Å². The van der Waals surface area contributed by atoms with Crippen molar-refractivity contribution in [2.45, 2.75) is 36.8 Å². The smallest absolute Gasteiger partial charge is 0.236 e. The summed E-state index contributed by atoms with van der Waals surface area (Å²) in [5.41, 5.74) is 1.47. The molecule has 2 aliphatic heterocycles. The number of nitrogens with zero attached hydrogens (tertiary/aromatic N) is 2.